The van der Waals surface area contributed by atoms with Crippen LogP contribution in [-0.2, 0) is 9.78 Å². The van der Waals surface area contributed by atoms with E-state index in [9.17, 15) is 4.79 Å². The van der Waals surface area contributed by atoms with Gasteiger partial charge in [0, 0.05) is 4.47 Å². The van der Waals surface area contributed by atoms with Crippen LogP contribution < -0.4 is 0 Å². The lowest BCUT2D eigenvalue weighted by Crippen LogP contribution is -2.05. The molecule has 0 fully saturated rings. The zero-order valence-corrected chi connectivity index (χ0v) is 11.3. The SMILES string of the molecule is COOC(=O)c1cc(-c2ccccc2)ccc1Br. The van der Waals surface area contributed by atoms with Gasteiger partial charge in [-0.3, -0.25) is 4.89 Å². The number of rotatable bonds is 3. The number of carbonyl (C=O) groups excluding carboxylic acids is 1. The lowest BCUT2D eigenvalue weighted by atomic mass is 10.0. The summed E-state index contributed by atoms with van der Waals surface area (Å²) < 4.78 is 0.671. The van der Waals surface area contributed by atoms with E-state index in [1.54, 1.807) is 6.07 Å². The Hall–Kier alpha value is -1.65. The van der Waals surface area contributed by atoms with Gasteiger partial charge in [-0.15, -0.1) is 0 Å². The quantitative estimate of drug-likeness (QED) is 0.638. The van der Waals surface area contributed by atoms with E-state index in [2.05, 4.69) is 25.7 Å². The highest BCUT2D eigenvalue weighted by molar-refractivity contribution is 9.10. The van der Waals surface area contributed by atoms with Crippen molar-refractivity contribution in [2.45, 2.75) is 0 Å². The summed E-state index contributed by atoms with van der Waals surface area (Å²) >= 11 is 3.32. The Labute approximate surface area is 113 Å². The molecule has 0 aliphatic rings. The third kappa shape index (κ3) is 2.78. The monoisotopic (exact) mass is 306 g/mol. The fourth-order valence-corrected chi connectivity index (χ4v) is 2.02. The first kappa shape index (κ1) is 12.8. The Balaban J connectivity index is 2.41. The molecule has 2 aromatic rings. The highest BCUT2D eigenvalue weighted by atomic mass is 79.9. The van der Waals surface area contributed by atoms with Crippen LogP contribution in [0.2, 0.25) is 0 Å². The molecular weight excluding hydrogens is 296 g/mol. The van der Waals surface area contributed by atoms with Crippen LogP contribution in [-0.4, -0.2) is 13.1 Å². The van der Waals surface area contributed by atoms with Gasteiger partial charge in [-0.05, 0) is 39.2 Å². The van der Waals surface area contributed by atoms with Gasteiger partial charge in [0.1, 0.15) is 0 Å². The predicted molar refractivity (Wildman–Crippen MR) is 72.0 cm³/mol. The molecular formula is C14H11BrO3. The van der Waals surface area contributed by atoms with Crippen LogP contribution in [0.4, 0.5) is 0 Å². The van der Waals surface area contributed by atoms with Gasteiger partial charge in [0.15, 0.2) is 0 Å². The first-order valence-corrected chi connectivity index (χ1v) is 6.11. The van der Waals surface area contributed by atoms with Crippen LogP contribution in [0.1, 0.15) is 10.4 Å². The molecule has 3 nitrogen and oxygen atoms in total. The molecule has 0 heterocycles. The molecule has 0 atom stereocenters. The normalized spacial score (nSPS) is 10.1. The van der Waals surface area contributed by atoms with E-state index in [-0.39, 0.29) is 0 Å². The van der Waals surface area contributed by atoms with Gasteiger partial charge in [0.05, 0.1) is 12.7 Å². The lowest BCUT2D eigenvalue weighted by Gasteiger charge is -2.06. The molecule has 0 aliphatic carbocycles. The molecule has 0 saturated carbocycles. The Bertz CT molecular complexity index is 552. The summed E-state index contributed by atoms with van der Waals surface area (Å²) in [5.74, 6) is -0.526. The number of hydrogen-bond acceptors (Lipinski definition) is 3. The van der Waals surface area contributed by atoms with E-state index in [1.807, 2.05) is 42.5 Å². The largest absolute Gasteiger partial charge is 0.374 e. The van der Waals surface area contributed by atoms with E-state index in [4.69, 9.17) is 0 Å². The van der Waals surface area contributed by atoms with E-state index in [1.165, 1.54) is 7.11 Å². The Morgan fingerprint density at radius 1 is 1.06 bits per heavy atom. The van der Waals surface area contributed by atoms with E-state index < -0.39 is 5.97 Å². The fourth-order valence-electron chi connectivity index (χ4n) is 1.61. The minimum atomic E-state index is -0.526. The standard InChI is InChI=1S/C14H11BrO3/c1-17-18-14(16)12-9-11(7-8-13(12)15)10-5-3-2-4-6-10/h2-9H,1H3. The number of halogens is 1. The summed E-state index contributed by atoms with van der Waals surface area (Å²) in [7, 11) is 1.30. The Morgan fingerprint density at radius 3 is 2.44 bits per heavy atom. The molecule has 0 bridgehead atoms. The number of hydrogen-bond donors (Lipinski definition) is 0. The topological polar surface area (TPSA) is 35.5 Å². The summed E-state index contributed by atoms with van der Waals surface area (Å²) in [6.45, 7) is 0. The second-order valence-corrected chi connectivity index (χ2v) is 4.45. The highest BCUT2D eigenvalue weighted by Crippen LogP contribution is 2.26. The smallest absolute Gasteiger partial charge is 0.293 e. The van der Waals surface area contributed by atoms with Crippen molar-refractivity contribution in [2.75, 3.05) is 7.11 Å². The molecule has 0 spiro atoms. The zero-order valence-electron chi connectivity index (χ0n) is 9.72. The first-order chi connectivity index (χ1) is 8.72. The van der Waals surface area contributed by atoms with Crippen molar-refractivity contribution >= 4 is 21.9 Å². The summed E-state index contributed by atoms with van der Waals surface area (Å²) in [4.78, 5) is 20.6. The minimum Gasteiger partial charge on any atom is -0.293 e. The molecule has 18 heavy (non-hydrogen) atoms. The van der Waals surface area contributed by atoms with Crippen molar-refractivity contribution in [1.29, 1.82) is 0 Å². The second kappa shape index (κ2) is 5.80. The molecule has 2 rings (SSSR count). The zero-order chi connectivity index (χ0) is 13.0. The number of carbonyl (C=O) groups is 1. The van der Waals surface area contributed by atoms with Crippen molar-refractivity contribution < 1.29 is 14.6 Å². The summed E-state index contributed by atoms with van der Waals surface area (Å²) in [6.07, 6.45) is 0. The van der Waals surface area contributed by atoms with E-state index >= 15 is 0 Å². The van der Waals surface area contributed by atoms with Gasteiger partial charge in [-0.2, -0.15) is 4.89 Å². The van der Waals surface area contributed by atoms with Gasteiger partial charge in [-0.25, -0.2) is 4.79 Å². The molecule has 0 radical (unpaired) electrons. The van der Waals surface area contributed by atoms with Gasteiger partial charge < -0.3 is 0 Å². The van der Waals surface area contributed by atoms with E-state index in [0.717, 1.165) is 11.1 Å². The van der Waals surface area contributed by atoms with Gasteiger partial charge in [0.2, 0.25) is 0 Å². The molecule has 0 unspecified atom stereocenters. The maximum atomic E-state index is 11.7. The maximum absolute atomic E-state index is 11.7. The number of benzene rings is 2. The van der Waals surface area contributed by atoms with Crippen molar-refractivity contribution in [1.82, 2.24) is 0 Å². The van der Waals surface area contributed by atoms with Crippen LogP contribution in [0.5, 0.6) is 0 Å². The van der Waals surface area contributed by atoms with Crippen molar-refractivity contribution in [3.05, 3.63) is 58.6 Å². The van der Waals surface area contributed by atoms with Crippen LogP contribution >= 0.6 is 15.9 Å². The molecule has 0 amide bonds. The van der Waals surface area contributed by atoms with Crippen LogP contribution in [0.3, 0.4) is 0 Å². The first-order valence-electron chi connectivity index (χ1n) is 5.32. The molecule has 0 N–H and O–H groups in total. The summed E-state index contributed by atoms with van der Waals surface area (Å²) in [5, 5.41) is 0. The summed E-state index contributed by atoms with van der Waals surface area (Å²) in [5.41, 5.74) is 2.41. The van der Waals surface area contributed by atoms with Gasteiger partial charge >= 0.3 is 5.97 Å². The van der Waals surface area contributed by atoms with Crippen molar-refractivity contribution in [3.63, 3.8) is 0 Å². The molecule has 92 valence electrons. The third-order valence-electron chi connectivity index (χ3n) is 2.45. The average Bonchev–Trinajstić information content (AvgIpc) is 2.40. The van der Waals surface area contributed by atoms with Crippen LogP contribution in [0.25, 0.3) is 11.1 Å². The Morgan fingerprint density at radius 2 is 1.78 bits per heavy atom. The van der Waals surface area contributed by atoms with Gasteiger partial charge in [0.25, 0.3) is 0 Å². The fraction of sp³-hybridized carbons (Fsp3) is 0.0714. The maximum Gasteiger partial charge on any atom is 0.374 e. The van der Waals surface area contributed by atoms with Gasteiger partial charge in [-0.1, -0.05) is 36.4 Å². The predicted octanol–water partition coefficient (Wildman–Crippen LogP) is 3.83. The molecule has 0 aliphatic heterocycles. The van der Waals surface area contributed by atoms with E-state index in [0.29, 0.717) is 10.0 Å². The van der Waals surface area contributed by atoms with Crippen LogP contribution in [0.15, 0.2) is 53.0 Å². The summed E-state index contributed by atoms with van der Waals surface area (Å²) in [6, 6.07) is 15.3. The van der Waals surface area contributed by atoms with Crippen molar-refractivity contribution in [2.24, 2.45) is 0 Å². The lowest BCUT2D eigenvalue weighted by molar-refractivity contribution is -0.216. The average molecular weight is 307 g/mol. The van der Waals surface area contributed by atoms with Crippen LogP contribution in [0, 0.1) is 0 Å². The Kier molecular flexibility index (Phi) is 4.12. The van der Waals surface area contributed by atoms with Crippen molar-refractivity contribution in [3.8, 4) is 11.1 Å². The molecule has 0 saturated heterocycles. The third-order valence-corrected chi connectivity index (χ3v) is 3.14. The molecule has 0 aromatic heterocycles. The molecule has 2 aromatic carbocycles. The highest BCUT2D eigenvalue weighted by Gasteiger charge is 2.13. The second-order valence-electron chi connectivity index (χ2n) is 3.60. The minimum absolute atomic E-state index is 0.429. The molecule has 4 heteroatoms.